The minimum absolute atomic E-state index is 0.157. The summed E-state index contributed by atoms with van der Waals surface area (Å²) in [7, 11) is -7.93. The summed E-state index contributed by atoms with van der Waals surface area (Å²) in [5, 5.41) is 0. The van der Waals surface area contributed by atoms with Gasteiger partial charge in [0.05, 0.1) is 0 Å². The molecule has 0 bridgehead atoms. The van der Waals surface area contributed by atoms with Crippen molar-refractivity contribution in [3.8, 4) is 23.0 Å². The maximum absolute atomic E-state index is 8.30. The molecule has 0 saturated carbocycles. The molecule has 0 amide bonds. The molecule has 4 rings (SSSR count). The number of rotatable bonds is 12. The van der Waals surface area contributed by atoms with Gasteiger partial charge in [0.2, 0.25) is 0 Å². The Kier molecular flexibility index (Phi) is 19.9. The van der Waals surface area contributed by atoms with Crippen LogP contribution in [0.4, 0.5) is 0 Å². The van der Waals surface area contributed by atoms with Gasteiger partial charge in [-0.15, -0.1) is 0 Å². The first-order valence-corrected chi connectivity index (χ1v) is 34.6. The molecule has 0 unspecified atom stereocenters. The average Bonchev–Trinajstić information content (AvgIpc) is 3.45. The molecule has 0 aromatic heterocycles. The van der Waals surface area contributed by atoms with Crippen molar-refractivity contribution in [2.45, 2.75) is 321 Å². The van der Waals surface area contributed by atoms with E-state index in [-0.39, 0.29) is 49.9 Å². The van der Waals surface area contributed by atoms with Crippen molar-refractivity contribution in [2.24, 2.45) is 0 Å². The molecule has 0 aliphatic rings. The predicted molar refractivity (Wildman–Crippen MR) is 365 cm³/mol. The Morgan fingerprint density at radius 1 is 0.277 bits per heavy atom. The fraction of sp³-hybridized carbons (Fsp3) is 0.680. The van der Waals surface area contributed by atoms with E-state index >= 15 is 0 Å². The third-order valence-corrected chi connectivity index (χ3v) is 20.5. The normalized spacial score (nSPS) is 14.9. The van der Waals surface area contributed by atoms with Crippen molar-refractivity contribution >= 4 is 16.1 Å². The van der Waals surface area contributed by atoms with E-state index in [1.165, 1.54) is 22.3 Å². The molecule has 0 radical (unpaired) electrons. The molecule has 0 aliphatic heterocycles. The summed E-state index contributed by atoms with van der Waals surface area (Å²) in [6.45, 7) is 86.2. The van der Waals surface area contributed by atoms with E-state index in [1.54, 1.807) is 0 Å². The summed E-state index contributed by atoms with van der Waals surface area (Å²) < 4.78 is 48.5. The zero-order chi connectivity index (χ0) is 64.9. The van der Waals surface area contributed by atoms with E-state index < -0.39 is 37.8 Å². The molecular weight excluding hydrogens is 1060 g/mol. The molecule has 4 aromatic carbocycles. The second kappa shape index (κ2) is 22.8. The van der Waals surface area contributed by atoms with Crippen molar-refractivity contribution in [3.05, 3.63) is 115 Å². The Morgan fingerprint density at radius 2 is 0.446 bits per heavy atom. The zero-order valence-electron chi connectivity index (χ0n) is 60.7. The van der Waals surface area contributed by atoms with Crippen molar-refractivity contribution < 1.29 is 26.9 Å². The summed E-state index contributed by atoms with van der Waals surface area (Å²) in [4.78, 5) is 0. The van der Waals surface area contributed by atoms with Crippen LogP contribution in [0.25, 0.3) is 0 Å². The first-order chi connectivity index (χ1) is 36.4. The number of hydrogen-bond donors (Lipinski definition) is 0. The summed E-state index contributed by atoms with van der Waals surface area (Å²) >= 11 is 0. The molecule has 470 valence electrons. The first kappa shape index (κ1) is 72.3. The Balaban J connectivity index is 2.55. The molecule has 0 atom stereocenters. The Bertz CT molecular complexity index is 2630. The average molecular weight is 1180 g/mol. The first-order valence-electron chi connectivity index (χ1n) is 31.2. The summed E-state index contributed by atoms with van der Waals surface area (Å²) in [5.74, 6) is 2.82. The monoisotopic (exact) mass is 1180 g/mol. The third-order valence-electron chi connectivity index (χ3n) is 15.9. The molecule has 0 heterocycles. The molecule has 0 N–H and O–H groups in total. The van der Waals surface area contributed by atoms with Crippen LogP contribution in [-0.4, -0.2) is 13.3 Å². The second-order valence-electron chi connectivity index (χ2n) is 36.9. The topological polar surface area (TPSA) is 55.4 Å². The van der Waals surface area contributed by atoms with Gasteiger partial charge in [0.1, 0.15) is 0 Å². The van der Waals surface area contributed by atoms with Crippen LogP contribution in [-0.2, 0) is 73.8 Å². The number of benzene rings is 4. The van der Waals surface area contributed by atoms with Gasteiger partial charge < -0.3 is 0 Å². The van der Waals surface area contributed by atoms with Crippen LogP contribution in [0.5, 0.6) is 23.0 Å². The van der Waals surface area contributed by atoms with Gasteiger partial charge in [0, 0.05) is 0 Å². The summed E-state index contributed by atoms with van der Waals surface area (Å²) in [6.07, 6.45) is 0. The summed E-state index contributed by atoms with van der Waals surface area (Å²) in [5.41, 5.74) is 9.47. The molecule has 0 fully saturated rings. The predicted octanol–water partition coefficient (Wildman–Crippen LogP) is 24.0. The van der Waals surface area contributed by atoms with Gasteiger partial charge >= 0.3 is 516 Å². The summed E-state index contributed by atoms with van der Waals surface area (Å²) in [6, 6.07) is 18.8. The Morgan fingerprint density at radius 3 is 0.590 bits per heavy atom. The van der Waals surface area contributed by atoms with Crippen molar-refractivity contribution in [2.75, 3.05) is 13.3 Å². The Hall–Kier alpha value is -3.14. The third kappa shape index (κ3) is 17.4. The van der Waals surface area contributed by atoms with Gasteiger partial charge in [-0.25, -0.2) is 0 Å². The van der Waals surface area contributed by atoms with E-state index in [1.807, 2.05) is 13.6 Å². The minimum atomic E-state index is -5.33. The van der Waals surface area contributed by atoms with E-state index in [0.29, 0.717) is 11.5 Å². The maximum atomic E-state index is 8.30. The Labute approximate surface area is 513 Å². The van der Waals surface area contributed by atoms with Crippen molar-refractivity contribution in [3.63, 3.8) is 0 Å². The van der Waals surface area contributed by atoms with Crippen molar-refractivity contribution in [1.29, 1.82) is 0 Å². The van der Waals surface area contributed by atoms with Gasteiger partial charge in [-0.3, -0.25) is 0 Å². The van der Waals surface area contributed by atoms with Gasteiger partial charge in [0.25, 0.3) is 0 Å². The van der Waals surface area contributed by atoms with E-state index in [9.17, 15) is 0 Å². The standard InChI is InChI=1S/C75H124O6P2/c1-39-76-83(38,79-62-56(72(26,27)28)44-50(66(8,9)10)45-57(62)73(29,30)31,80-63-58(74(32,33)34)46-51(67(11,12)13)47-59(63)75(35,36)37)81-82(77-60-52(68(14,15)16)40-48(64(2,3)4)41-53(60)69(17,18)19)78-61-54(70(20,21)22)42-49(65(5,6)7)43-55(61)71(23,24)25/h40-47H,39H2,1-38H3. The molecule has 6 nitrogen and oxygen atoms in total. The fourth-order valence-electron chi connectivity index (χ4n) is 10.3. The van der Waals surface area contributed by atoms with Crippen LogP contribution in [0, 0.1) is 0 Å². The fourth-order valence-corrected chi connectivity index (χ4v) is 14.8. The molecular formula is C75H124O6P2. The zero-order valence-corrected chi connectivity index (χ0v) is 62.5. The van der Waals surface area contributed by atoms with Crippen LogP contribution < -0.4 is 18.1 Å². The molecule has 0 saturated heterocycles. The SMILES string of the molecule is CCOP(C)(Oc1c(C(C)(C)C)cc(C(C)(C)C)cc1C(C)(C)C)(Oc1c(C(C)(C)C)cc(C(C)(C)C)cc1C(C)(C)C)OP(Oc1c(C(C)(C)C)cc(C(C)(C)C)cc1C(C)(C)C)Oc1c(C(C)(C)C)cc(C(C)(C)C)cc1C(C)(C)C. The van der Waals surface area contributed by atoms with Crippen LogP contribution >= 0.6 is 16.1 Å². The van der Waals surface area contributed by atoms with E-state index in [2.05, 4.69) is 298 Å². The molecule has 4 aromatic rings. The second-order valence-corrected chi connectivity index (χ2v) is 41.3. The van der Waals surface area contributed by atoms with Crippen LogP contribution in [0.15, 0.2) is 48.5 Å². The van der Waals surface area contributed by atoms with Crippen LogP contribution in [0.3, 0.4) is 0 Å². The van der Waals surface area contributed by atoms with E-state index in [4.69, 9.17) is 26.9 Å². The van der Waals surface area contributed by atoms with Gasteiger partial charge in [-0.1, -0.05) is 0 Å². The quantitative estimate of drug-likeness (QED) is 0.132. The van der Waals surface area contributed by atoms with Crippen LogP contribution in [0.1, 0.15) is 323 Å². The van der Waals surface area contributed by atoms with Crippen LogP contribution in [0.2, 0.25) is 0 Å². The molecule has 0 spiro atoms. The van der Waals surface area contributed by atoms with Crippen molar-refractivity contribution in [1.82, 2.24) is 0 Å². The molecule has 0 aliphatic carbocycles. The molecule has 83 heavy (non-hydrogen) atoms. The molecule has 8 heteroatoms. The van der Waals surface area contributed by atoms with E-state index in [0.717, 1.165) is 56.0 Å². The van der Waals surface area contributed by atoms with Gasteiger partial charge in [-0.05, 0) is 0 Å². The van der Waals surface area contributed by atoms with Gasteiger partial charge in [0.15, 0.2) is 0 Å². The number of hydrogen-bond acceptors (Lipinski definition) is 6. The van der Waals surface area contributed by atoms with Gasteiger partial charge in [-0.2, -0.15) is 0 Å².